The first-order chi connectivity index (χ1) is 18.7. The lowest BCUT2D eigenvalue weighted by Crippen LogP contribution is -2.48. The maximum absolute atomic E-state index is 14.6. The molecule has 2 atom stereocenters. The minimum atomic E-state index is -3.21. The Morgan fingerprint density at radius 2 is 1.87 bits per heavy atom. The minimum absolute atomic E-state index is 0.00738. The van der Waals surface area contributed by atoms with Gasteiger partial charge in [0.05, 0.1) is 23.2 Å². The molecule has 0 spiro atoms. The fourth-order valence-corrected chi connectivity index (χ4v) is 6.33. The van der Waals surface area contributed by atoms with E-state index in [0.717, 1.165) is 43.6 Å². The highest BCUT2D eigenvalue weighted by Gasteiger charge is 2.24. The van der Waals surface area contributed by atoms with Gasteiger partial charge in [-0.1, -0.05) is 18.6 Å². The van der Waals surface area contributed by atoms with Gasteiger partial charge >= 0.3 is 0 Å². The van der Waals surface area contributed by atoms with Gasteiger partial charge in [0.25, 0.3) is 0 Å². The molecule has 1 saturated carbocycles. The normalized spacial score (nSPS) is 20.5. The average Bonchev–Trinajstić information content (AvgIpc) is 3.36. The van der Waals surface area contributed by atoms with E-state index in [1.807, 2.05) is 36.4 Å². The zero-order valence-electron chi connectivity index (χ0n) is 22.1. The number of aromatic nitrogens is 2. The van der Waals surface area contributed by atoms with Crippen molar-refractivity contribution in [1.82, 2.24) is 14.1 Å². The number of piperazine rings is 1. The monoisotopic (exact) mass is 551 g/mol. The number of benzene rings is 2. The molecule has 0 bridgehead atoms. The Bertz CT molecular complexity index is 1480. The van der Waals surface area contributed by atoms with Crippen molar-refractivity contribution in [2.45, 2.75) is 31.7 Å². The van der Waals surface area contributed by atoms with Gasteiger partial charge in [-0.3, -0.25) is 0 Å². The van der Waals surface area contributed by atoms with E-state index in [4.69, 9.17) is 10.8 Å². The van der Waals surface area contributed by atoms with Crippen LogP contribution in [0.15, 0.2) is 48.5 Å². The molecule has 2 aromatic carbocycles. The molecule has 0 radical (unpaired) electrons. The van der Waals surface area contributed by atoms with Crippen molar-refractivity contribution in [2.24, 2.45) is 11.7 Å². The van der Waals surface area contributed by atoms with Gasteiger partial charge in [0.2, 0.25) is 10.0 Å². The topological polar surface area (TPSA) is 120 Å². The third-order valence-electron chi connectivity index (χ3n) is 7.64. The summed E-state index contributed by atoms with van der Waals surface area (Å²) in [6.45, 7) is 2.79. The molecule has 1 aliphatic carbocycles. The van der Waals surface area contributed by atoms with Crippen LogP contribution in [0.1, 0.15) is 31.2 Å². The molecule has 206 valence electrons. The van der Waals surface area contributed by atoms with E-state index >= 15 is 0 Å². The number of nitrogens with one attached hydrogen (secondary N) is 1. The van der Waals surface area contributed by atoms with Crippen LogP contribution < -0.4 is 16.0 Å². The molecule has 1 aromatic heterocycles. The Kier molecular flexibility index (Phi) is 7.88. The van der Waals surface area contributed by atoms with Crippen LogP contribution >= 0.6 is 0 Å². The lowest BCUT2D eigenvalue weighted by atomic mass is 9.86. The van der Waals surface area contributed by atoms with Gasteiger partial charge < -0.3 is 16.0 Å². The van der Waals surface area contributed by atoms with Gasteiger partial charge in [0.15, 0.2) is 0 Å². The maximum Gasteiger partial charge on any atom is 0.211 e. The molecular formula is C28H34FN7O2S. The molecule has 1 aliphatic heterocycles. The summed E-state index contributed by atoms with van der Waals surface area (Å²) in [5.74, 6) is 0.579. The summed E-state index contributed by atoms with van der Waals surface area (Å²) in [4.78, 5) is 2.15. The van der Waals surface area contributed by atoms with Crippen molar-refractivity contribution in [3.05, 3.63) is 59.9 Å². The van der Waals surface area contributed by atoms with E-state index in [1.165, 1.54) is 22.7 Å². The van der Waals surface area contributed by atoms with Crippen LogP contribution in [0.3, 0.4) is 0 Å². The summed E-state index contributed by atoms with van der Waals surface area (Å²) in [5, 5.41) is 17.5. The molecule has 2 heterocycles. The van der Waals surface area contributed by atoms with Gasteiger partial charge in [-0.05, 0) is 55.5 Å². The van der Waals surface area contributed by atoms with Crippen LogP contribution in [0.2, 0.25) is 0 Å². The van der Waals surface area contributed by atoms with E-state index in [2.05, 4.69) is 10.2 Å². The third-order valence-corrected chi connectivity index (χ3v) is 8.94. The number of nitriles is 1. The molecule has 11 heteroatoms. The quantitative estimate of drug-likeness (QED) is 0.461. The molecule has 2 aliphatic rings. The lowest BCUT2D eigenvalue weighted by molar-refractivity contribution is 0.335. The Hall–Kier alpha value is -3.46. The van der Waals surface area contributed by atoms with Gasteiger partial charge in [-0.2, -0.15) is 9.57 Å². The highest BCUT2D eigenvalue weighted by Crippen LogP contribution is 2.30. The first-order valence-corrected chi connectivity index (χ1v) is 15.2. The van der Waals surface area contributed by atoms with Crippen LogP contribution in [0.4, 0.5) is 15.9 Å². The Morgan fingerprint density at radius 1 is 1.10 bits per heavy atom. The first kappa shape index (κ1) is 27.1. The van der Waals surface area contributed by atoms with E-state index < -0.39 is 15.8 Å². The number of nitrogens with zero attached hydrogens (tertiary/aromatic N) is 5. The van der Waals surface area contributed by atoms with E-state index in [-0.39, 0.29) is 11.6 Å². The largest absolute Gasteiger partial charge is 0.369 e. The summed E-state index contributed by atoms with van der Waals surface area (Å²) < 4.78 is 41.7. The van der Waals surface area contributed by atoms with Crippen molar-refractivity contribution < 1.29 is 12.8 Å². The number of nitrogens with two attached hydrogens (primary N) is 1. The van der Waals surface area contributed by atoms with Crippen molar-refractivity contribution >= 4 is 21.5 Å². The summed E-state index contributed by atoms with van der Waals surface area (Å²) >= 11 is 0. The average molecular weight is 552 g/mol. The molecule has 1 saturated heterocycles. The van der Waals surface area contributed by atoms with Crippen LogP contribution in [-0.4, -0.2) is 67.5 Å². The Balaban J connectivity index is 1.44. The van der Waals surface area contributed by atoms with Crippen molar-refractivity contribution in [1.29, 1.82) is 5.26 Å². The number of anilines is 2. The van der Waals surface area contributed by atoms with Gasteiger partial charge in [0, 0.05) is 56.1 Å². The van der Waals surface area contributed by atoms with Gasteiger partial charge in [0.1, 0.15) is 17.7 Å². The molecular weight excluding hydrogens is 517 g/mol. The smallest absolute Gasteiger partial charge is 0.211 e. The number of hydrogen-bond acceptors (Lipinski definition) is 7. The van der Waals surface area contributed by atoms with E-state index in [1.54, 1.807) is 10.7 Å². The minimum Gasteiger partial charge on any atom is -0.369 e. The number of rotatable bonds is 7. The molecule has 5 rings (SSSR count). The first-order valence-electron chi connectivity index (χ1n) is 13.3. The van der Waals surface area contributed by atoms with Crippen molar-refractivity contribution in [3.8, 4) is 23.0 Å². The number of sulfonamides is 1. The van der Waals surface area contributed by atoms with E-state index in [0.29, 0.717) is 49.2 Å². The van der Waals surface area contributed by atoms with Crippen LogP contribution in [0.25, 0.3) is 16.9 Å². The van der Waals surface area contributed by atoms with Crippen molar-refractivity contribution in [2.75, 3.05) is 49.2 Å². The predicted molar refractivity (Wildman–Crippen MR) is 151 cm³/mol. The molecule has 0 amide bonds. The second-order valence-electron chi connectivity index (χ2n) is 10.5. The lowest BCUT2D eigenvalue weighted by Gasteiger charge is -2.34. The van der Waals surface area contributed by atoms with Crippen LogP contribution in [-0.2, 0) is 10.0 Å². The standard InChI is InChI=1S/C28H34FN7O2S/c1-39(37,38)35-12-10-34(11-13-35)24-6-3-7-25(16-24)36-27(21-8-9-22(18-30)26(29)15-21)17-28(33-36)32-19-20-4-2-5-23(31)14-20/h3,6-9,15-17,20,23H,2,4-5,10-14,19,31H2,1H3,(H,32,33)/t20-,23-/m0/s1. The zero-order chi connectivity index (χ0) is 27.6. The molecule has 39 heavy (non-hydrogen) atoms. The predicted octanol–water partition coefficient (Wildman–Crippen LogP) is 3.56. The Labute approximate surface area is 229 Å². The molecule has 2 fully saturated rings. The van der Waals surface area contributed by atoms with Gasteiger partial charge in [-0.15, -0.1) is 5.10 Å². The molecule has 3 aromatic rings. The summed E-state index contributed by atoms with van der Waals surface area (Å²) in [7, 11) is -3.21. The molecule has 0 unspecified atom stereocenters. The summed E-state index contributed by atoms with van der Waals surface area (Å²) in [6.07, 6.45) is 5.55. The third kappa shape index (κ3) is 6.24. The number of hydrogen-bond donors (Lipinski definition) is 2. The second kappa shape index (κ2) is 11.3. The summed E-state index contributed by atoms with van der Waals surface area (Å²) in [5.41, 5.74) is 9.23. The van der Waals surface area contributed by atoms with Crippen LogP contribution in [0.5, 0.6) is 0 Å². The second-order valence-corrected chi connectivity index (χ2v) is 12.5. The maximum atomic E-state index is 14.6. The Morgan fingerprint density at radius 3 is 2.56 bits per heavy atom. The molecule has 9 nitrogen and oxygen atoms in total. The fraction of sp³-hybridized carbons (Fsp3) is 0.429. The fourth-order valence-electron chi connectivity index (χ4n) is 5.50. The van der Waals surface area contributed by atoms with Crippen LogP contribution in [0, 0.1) is 23.1 Å². The molecule has 3 N–H and O–H groups in total. The highest BCUT2D eigenvalue weighted by molar-refractivity contribution is 7.88. The highest BCUT2D eigenvalue weighted by atomic mass is 32.2. The van der Waals surface area contributed by atoms with Gasteiger partial charge in [-0.25, -0.2) is 17.5 Å². The van der Waals surface area contributed by atoms with E-state index in [9.17, 15) is 18.1 Å². The zero-order valence-corrected chi connectivity index (χ0v) is 22.9. The van der Waals surface area contributed by atoms with Crippen molar-refractivity contribution in [3.63, 3.8) is 0 Å². The number of halogens is 1. The SMILES string of the molecule is CS(=O)(=O)N1CCN(c2cccc(-n3nc(NC[C@H]4CCC[C@H](N)C4)cc3-c3ccc(C#N)c(F)c3)c2)CC1. The summed E-state index contributed by atoms with van der Waals surface area (Å²) in [6, 6.07) is 16.5.